The van der Waals surface area contributed by atoms with E-state index in [-0.39, 0.29) is 30.1 Å². The number of rotatable bonds is 6. The minimum Gasteiger partial charge on any atom is -0.453 e. The molecule has 1 aromatic rings. The fourth-order valence-corrected chi connectivity index (χ4v) is 6.76. The molecule has 7 nitrogen and oxygen atoms in total. The largest absolute Gasteiger partial charge is 0.453 e. The highest BCUT2D eigenvalue weighted by Gasteiger charge is 2.54. The molecule has 3 aliphatic rings. The van der Waals surface area contributed by atoms with Gasteiger partial charge in [-0.25, -0.2) is 17.9 Å². The standard InChI is InChI=1S/C23H34N2O5S/c1-29-23(26)25-20-10-6-9-19(20)22(24-31(2,27)28)21(25)15-30-18-13-11-17(12-14-18)16-7-4-3-5-8-16/h3-5,7-8,17-22,24H,6,9-15H2,1-2H3/t17-,18+,19-,20+,21-,22-/m0/s1. The summed E-state index contributed by atoms with van der Waals surface area (Å²) in [6, 6.07) is 9.94. The van der Waals surface area contributed by atoms with Crippen LogP contribution in [0.1, 0.15) is 56.4 Å². The Kier molecular flexibility index (Phi) is 6.89. The molecule has 0 radical (unpaired) electrons. The highest BCUT2D eigenvalue weighted by molar-refractivity contribution is 7.88. The molecule has 0 spiro atoms. The van der Waals surface area contributed by atoms with Gasteiger partial charge in [0.2, 0.25) is 10.0 Å². The number of nitrogens with one attached hydrogen (secondary N) is 1. The van der Waals surface area contributed by atoms with E-state index in [0.717, 1.165) is 44.9 Å². The summed E-state index contributed by atoms with van der Waals surface area (Å²) in [5.41, 5.74) is 1.39. The van der Waals surface area contributed by atoms with Crippen molar-refractivity contribution in [3.8, 4) is 0 Å². The summed E-state index contributed by atoms with van der Waals surface area (Å²) in [6.07, 6.45) is 7.80. The van der Waals surface area contributed by atoms with Crippen molar-refractivity contribution in [1.82, 2.24) is 9.62 Å². The van der Waals surface area contributed by atoms with Gasteiger partial charge in [0.1, 0.15) is 0 Å². The summed E-state index contributed by atoms with van der Waals surface area (Å²) in [7, 11) is -2.02. The molecule has 1 aromatic carbocycles. The normalized spacial score (nSPS) is 33.3. The maximum Gasteiger partial charge on any atom is 0.410 e. The lowest BCUT2D eigenvalue weighted by atomic mass is 9.83. The van der Waals surface area contributed by atoms with Crippen molar-refractivity contribution in [2.45, 2.75) is 75.1 Å². The monoisotopic (exact) mass is 450 g/mol. The second-order valence-electron chi connectivity index (χ2n) is 9.24. The van der Waals surface area contributed by atoms with Crippen molar-refractivity contribution in [3.05, 3.63) is 35.9 Å². The molecule has 172 valence electrons. The average Bonchev–Trinajstić information content (AvgIpc) is 3.33. The van der Waals surface area contributed by atoms with Crippen molar-refractivity contribution in [2.75, 3.05) is 20.0 Å². The van der Waals surface area contributed by atoms with E-state index in [1.807, 2.05) is 6.07 Å². The van der Waals surface area contributed by atoms with Gasteiger partial charge < -0.3 is 9.47 Å². The molecule has 1 aliphatic heterocycles. The molecule has 1 N–H and O–H groups in total. The van der Waals surface area contributed by atoms with Gasteiger partial charge in [0, 0.05) is 12.1 Å². The van der Waals surface area contributed by atoms with Gasteiger partial charge in [-0.15, -0.1) is 0 Å². The molecule has 4 atom stereocenters. The molecule has 0 aromatic heterocycles. The summed E-state index contributed by atoms with van der Waals surface area (Å²) in [4.78, 5) is 14.3. The smallest absolute Gasteiger partial charge is 0.410 e. The zero-order valence-corrected chi connectivity index (χ0v) is 19.2. The number of carbonyl (C=O) groups is 1. The van der Waals surface area contributed by atoms with E-state index >= 15 is 0 Å². The summed E-state index contributed by atoms with van der Waals surface area (Å²) in [5, 5.41) is 0. The molecule has 4 rings (SSSR count). The number of fused-ring (bicyclic) bond motifs is 1. The second kappa shape index (κ2) is 9.46. The van der Waals surface area contributed by atoms with Crippen LogP contribution in [0.2, 0.25) is 0 Å². The number of sulfonamides is 1. The van der Waals surface area contributed by atoms with Crippen LogP contribution in [0.4, 0.5) is 4.79 Å². The van der Waals surface area contributed by atoms with Crippen LogP contribution >= 0.6 is 0 Å². The third-order valence-corrected chi connectivity index (χ3v) is 8.01. The number of nitrogens with zero attached hydrogens (tertiary/aromatic N) is 1. The molecule has 1 amide bonds. The zero-order chi connectivity index (χ0) is 22.0. The van der Waals surface area contributed by atoms with Crippen LogP contribution in [0.15, 0.2) is 30.3 Å². The van der Waals surface area contributed by atoms with Crippen LogP contribution in [0.3, 0.4) is 0 Å². The predicted molar refractivity (Wildman–Crippen MR) is 118 cm³/mol. The van der Waals surface area contributed by atoms with Crippen LogP contribution in [-0.4, -0.2) is 63.6 Å². The summed E-state index contributed by atoms with van der Waals surface area (Å²) in [5.74, 6) is 0.675. The Morgan fingerprint density at radius 2 is 1.81 bits per heavy atom. The van der Waals surface area contributed by atoms with Gasteiger partial charge in [-0.3, -0.25) is 4.90 Å². The quantitative estimate of drug-likeness (QED) is 0.719. The molecule has 1 heterocycles. The lowest BCUT2D eigenvalue weighted by Crippen LogP contribution is -2.51. The highest BCUT2D eigenvalue weighted by Crippen LogP contribution is 2.42. The fourth-order valence-electron chi connectivity index (χ4n) is 5.93. The van der Waals surface area contributed by atoms with Gasteiger partial charge in [0.25, 0.3) is 0 Å². The predicted octanol–water partition coefficient (Wildman–Crippen LogP) is 3.27. The Balaban J connectivity index is 1.41. The first-order valence-corrected chi connectivity index (χ1v) is 13.3. The number of methoxy groups -OCH3 is 1. The number of amides is 1. The van der Waals surface area contributed by atoms with Crippen molar-refractivity contribution in [3.63, 3.8) is 0 Å². The van der Waals surface area contributed by atoms with Gasteiger partial charge in [0.15, 0.2) is 0 Å². The van der Waals surface area contributed by atoms with Crippen molar-refractivity contribution >= 4 is 16.1 Å². The van der Waals surface area contributed by atoms with Crippen molar-refractivity contribution in [1.29, 1.82) is 0 Å². The summed E-state index contributed by atoms with van der Waals surface area (Å²) in [6.45, 7) is 0.329. The number of ether oxygens (including phenoxy) is 2. The van der Waals surface area contributed by atoms with E-state index in [4.69, 9.17) is 9.47 Å². The number of hydrogen-bond donors (Lipinski definition) is 1. The molecule has 0 unspecified atom stereocenters. The SMILES string of the molecule is COC(=O)N1[C@@H]2CCC[C@@H]2[C@H](NS(C)(=O)=O)[C@@H]1CO[C@H]1CC[C@@H](c2ccccc2)CC1. The van der Waals surface area contributed by atoms with Gasteiger partial charge >= 0.3 is 6.09 Å². The number of carbonyl (C=O) groups excluding carboxylic acids is 1. The summed E-state index contributed by atoms with van der Waals surface area (Å²) >= 11 is 0. The first kappa shape index (κ1) is 22.6. The van der Waals surface area contributed by atoms with Gasteiger partial charge in [0.05, 0.1) is 32.1 Å². The Morgan fingerprint density at radius 3 is 2.45 bits per heavy atom. The Labute approximate surface area is 185 Å². The molecular formula is C23H34N2O5S. The lowest BCUT2D eigenvalue weighted by molar-refractivity contribution is -0.00975. The van der Waals surface area contributed by atoms with Gasteiger partial charge in [-0.05, 0) is 55.9 Å². The topological polar surface area (TPSA) is 84.9 Å². The van der Waals surface area contributed by atoms with Gasteiger partial charge in [-0.1, -0.05) is 36.8 Å². The minimum absolute atomic E-state index is 0.00844. The molecular weight excluding hydrogens is 416 g/mol. The van der Waals surface area contributed by atoms with Crippen LogP contribution in [-0.2, 0) is 19.5 Å². The fraction of sp³-hybridized carbons (Fsp3) is 0.696. The van der Waals surface area contributed by atoms with Crippen LogP contribution in [0.25, 0.3) is 0 Å². The Morgan fingerprint density at radius 1 is 1.10 bits per heavy atom. The van der Waals surface area contributed by atoms with Gasteiger partial charge in [-0.2, -0.15) is 0 Å². The van der Waals surface area contributed by atoms with E-state index < -0.39 is 16.1 Å². The molecule has 3 fully saturated rings. The minimum atomic E-state index is -3.40. The zero-order valence-electron chi connectivity index (χ0n) is 18.4. The van der Waals surface area contributed by atoms with Crippen LogP contribution in [0.5, 0.6) is 0 Å². The number of likely N-dealkylation sites (tertiary alicyclic amines) is 1. The Hall–Kier alpha value is -1.64. The maximum absolute atomic E-state index is 12.6. The van der Waals surface area contributed by atoms with E-state index in [1.165, 1.54) is 18.9 Å². The van der Waals surface area contributed by atoms with Crippen molar-refractivity contribution < 1.29 is 22.7 Å². The van der Waals surface area contributed by atoms with E-state index in [1.54, 1.807) is 4.90 Å². The Bertz CT molecular complexity index is 854. The average molecular weight is 451 g/mol. The number of benzene rings is 1. The molecule has 2 aliphatic carbocycles. The van der Waals surface area contributed by atoms with Crippen molar-refractivity contribution in [2.24, 2.45) is 5.92 Å². The van der Waals surface area contributed by atoms with Crippen LogP contribution < -0.4 is 4.72 Å². The second-order valence-corrected chi connectivity index (χ2v) is 11.0. The van der Waals surface area contributed by atoms with E-state index in [2.05, 4.69) is 29.0 Å². The summed E-state index contributed by atoms with van der Waals surface area (Å²) < 4.78 is 38.3. The third-order valence-electron chi connectivity index (χ3n) is 7.31. The van der Waals surface area contributed by atoms with Crippen LogP contribution in [0, 0.1) is 5.92 Å². The highest BCUT2D eigenvalue weighted by atomic mass is 32.2. The lowest BCUT2D eigenvalue weighted by Gasteiger charge is -2.33. The number of hydrogen-bond acceptors (Lipinski definition) is 5. The molecule has 0 bridgehead atoms. The first-order chi connectivity index (χ1) is 14.9. The molecule has 1 saturated heterocycles. The first-order valence-electron chi connectivity index (χ1n) is 11.4. The van der Waals surface area contributed by atoms with E-state index in [0.29, 0.717) is 12.5 Å². The third kappa shape index (κ3) is 5.07. The molecule has 8 heteroatoms. The molecule has 2 saturated carbocycles. The molecule has 31 heavy (non-hydrogen) atoms. The van der Waals surface area contributed by atoms with E-state index in [9.17, 15) is 13.2 Å². The maximum atomic E-state index is 12.6.